The van der Waals surface area contributed by atoms with E-state index >= 15 is 0 Å². The minimum atomic E-state index is -1.10. The predicted molar refractivity (Wildman–Crippen MR) is 56.4 cm³/mol. The lowest BCUT2D eigenvalue weighted by Crippen LogP contribution is -2.37. The lowest BCUT2D eigenvalue weighted by atomic mass is 10.1. The van der Waals surface area contributed by atoms with E-state index in [-0.39, 0.29) is 10.6 Å². The zero-order valence-electron chi connectivity index (χ0n) is 8.49. The van der Waals surface area contributed by atoms with Gasteiger partial charge in [-0.15, -0.1) is 0 Å². The molecular formula is C10H7N3O4. The summed E-state index contributed by atoms with van der Waals surface area (Å²) < 4.78 is 0. The van der Waals surface area contributed by atoms with Gasteiger partial charge in [0.05, 0.1) is 5.57 Å². The molecule has 0 saturated heterocycles. The number of hydrazine groups is 1. The maximum absolute atomic E-state index is 11.7. The largest absolute Gasteiger partial charge is 0.393 e. The van der Waals surface area contributed by atoms with Crippen LogP contribution in [0.15, 0.2) is 36.0 Å². The summed E-state index contributed by atoms with van der Waals surface area (Å²) in [5, 5.41) is 9.39. The molecule has 0 radical (unpaired) electrons. The van der Waals surface area contributed by atoms with E-state index in [0.29, 0.717) is 5.56 Å². The van der Waals surface area contributed by atoms with Crippen molar-refractivity contribution in [2.24, 2.45) is 5.73 Å². The quantitative estimate of drug-likeness (QED) is 0.436. The first-order chi connectivity index (χ1) is 8.04. The Bertz CT molecular complexity index is 550. The summed E-state index contributed by atoms with van der Waals surface area (Å²) in [6, 6.07) is 8.10. The van der Waals surface area contributed by atoms with Crippen molar-refractivity contribution in [2.45, 2.75) is 0 Å². The number of nitrogens with two attached hydrogens (primary N) is 1. The van der Waals surface area contributed by atoms with Crippen LogP contribution in [0.1, 0.15) is 5.56 Å². The Balaban J connectivity index is 2.53. The third-order valence-electron chi connectivity index (χ3n) is 2.32. The number of carbonyl (C=O) groups is 2. The highest BCUT2D eigenvalue weighted by Gasteiger charge is 2.45. The van der Waals surface area contributed by atoms with Crippen LogP contribution in [0.5, 0.6) is 0 Å². The van der Waals surface area contributed by atoms with E-state index in [1.165, 1.54) is 0 Å². The fraction of sp³-hybridized carbons (Fsp3) is 0. The number of hydrogen-bond acceptors (Lipinski definition) is 5. The topological polar surface area (TPSA) is 107 Å². The normalized spacial score (nSPS) is 15.6. The zero-order valence-corrected chi connectivity index (χ0v) is 8.49. The molecule has 1 aromatic rings. The minimum Gasteiger partial charge on any atom is -0.393 e. The van der Waals surface area contributed by atoms with E-state index in [0.717, 1.165) is 0 Å². The molecule has 17 heavy (non-hydrogen) atoms. The van der Waals surface area contributed by atoms with Crippen molar-refractivity contribution in [3.8, 4) is 0 Å². The van der Waals surface area contributed by atoms with Crippen molar-refractivity contribution in [1.29, 1.82) is 0 Å². The van der Waals surface area contributed by atoms with Crippen molar-refractivity contribution in [3.63, 3.8) is 0 Å². The van der Waals surface area contributed by atoms with Gasteiger partial charge in [0.1, 0.15) is 5.70 Å². The van der Waals surface area contributed by atoms with Gasteiger partial charge in [0, 0.05) is 5.01 Å². The zero-order chi connectivity index (χ0) is 12.6. The van der Waals surface area contributed by atoms with E-state index in [4.69, 9.17) is 5.73 Å². The SMILES string of the molecule is NC1=C(c2ccccc2)C(=O)N([N+](=O)[O-])C1=O. The van der Waals surface area contributed by atoms with Gasteiger partial charge >= 0.3 is 11.8 Å². The monoisotopic (exact) mass is 233 g/mol. The van der Waals surface area contributed by atoms with Gasteiger partial charge in [-0.1, -0.05) is 30.3 Å². The Morgan fingerprint density at radius 3 is 2.18 bits per heavy atom. The predicted octanol–water partition coefficient (Wildman–Crippen LogP) is -0.0831. The first-order valence-electron chi connectivity index (χ1n) is 4.62. The summed E-state index contributed by atoms with van der Waals surface area (Å²) in [5.41, 5.74) is 5.28. The van der Waals surface area contributed by atoms with Gasteiger partial charge in [-0.2, -0.15) is 0 Å². The molecule has 0 aliphatic carbocycles. The summed E-state index contributed by atoms with van der Waals surface area (Å²) in [6.45, 7) is 0. The van der Waals surface area contributed by atoms with Gasteiger partial charge in [0.2, 0.25) is 0 Å². The molecule has 0 atom stereocenters. The van der Waals surface area contributed by atoms with E-state index in [9.17, 15) is 19.7 Å². The van der Waals surface area contributed by atoms with Crippen LogP contribution in [0.25, 0.3) is 5.57 Å². The summed E-state index contributed by atoms with van der Waals surface area (Å²) in [5.74, 6) is -2.11. The Morgan fingerprint density at radius 1 is 1.12 bits per heavy atom. The fourth-order valence-corrected chi connectivity index (χ4v) is 1.57. The number of nitrogens with zero attached hydrogens (tertiary/aromatic N) is 2. The standard InChI is InChI=1S/C10H7N3O4/c11-8-7(6-4-2-1-3-5-6)9(14)12(10(8)15)13(16)17/h1-5H,11H2. The van der Waals surface area contributed by atoms with E-state index in [2.05, 4.69) is 0 Å². The number of amides is 2. The van der Waals surface area contributed by atoms with Crippen molar-refractivity contribution in [3.05, 3.63) is 51.7 Å². The highest BCUT2D eigenvalue weighted by molar-refractivity contribution is 6.34. The third kappa shape index (κ3) is 1.53. The number of benzene rings is 1. The molecule has 2 amide bonds. The minimum absolute atomic E-state index is 0.0856. The highest BCUT2D eigenvalue weighted by Crippen LogP contribution is 2.26. The average Bonchev–Trinajstić information content (AvgIpc) is 2.51. The molecule has 2 N–H and O–H groups in total. The molecule has 2 rings (SSSR count). The first kappa shape index (κ1) is 10.8. The van der Waals surface area contributed by atoms with Crippen LogP contribution < -0.4 is 5.73 Å². The van der Waals surface area contributed by atoms with Gasteiger partial charge in [0.25, 0.3) is 0 Å². The van der Waals surface area contributed by atoms with Crippen LogP contribution in [0.2, 0.25) is 0 Å². The molecule has 7 heteroatoms. The number of carbonyl (C=O) groups excluding carboxylic acids is 2. The summed E-state index contributed by atoms with van der Waals surface area (Å²) in [7, 11) is 0. The Kier molecular flexibility index (Phi) is 2.36. The van der Waals surface area contributed by atoms with Gasteiger partial charge < -0.3 is 5.73 Å². The highest BCUT2D eigenvalue weighted by atomic mass is 16.7. The summed E-state index contributed by atoms with van der Waals surface area (Å²) in [4.78, 5) is 33.7. The molecule has 0 unspecified atom stereocenters. The molecule has 86 valence electrons. The molecule has 0 bridgehead atoms. The van der Waals surface area contributed by atoms with Crippen molar-refractivity contribution in [1.82, 2.24) is 5.01 Å². The smallest absolute Gasteiger partial charge is 0.340 e. The van der Waals surface area contributed by atoms with Crippen LogP contribution in [0.4, 0.5) is 0 Å². The Hall–Kier alpha value is -2.70. The van der Waals surface area contributed by atoms with E-state index in [1.807, 2.05) is 0 Å². The molecular weight excluding hydrogens is 226 g/mol. The van der Waals surface area contributed by atoms with Crippen molar-refractivity contribution >= 4 is 17.4 Å². The van der Waals surface area contributed by atoms with Crippen LogP contribution in [-0.2, 0) is 9.59 Å². The van der Waals surface area contributed by atoms with Gasteiger partial charge in [0.15, 0.2) is 5.03 Å². The maximum Gasteiger partial charge on any atom is 0.340 e. The number of rotatable bonds is 2. The van der Waals surface area contributed by atoms with Crippen LogP contribution >= 0.6 is 0 Å². The number of nitro groups is 1. The molecule has 1 aliphatic heterocycles. The Morgan fingerprint density at radius 2 is 1.71 bits per heavy atom. The maximum atomic E-state index is 11.7. The average molecular weight is 233 g/mol. The Labute approximate surface area is 95.2 Å². The second-order valence-electron chi connectivity index (χ2n) is 3.31. The van der Waals surface area contributed by atoms with Gasteiger partial charge in [-0.25, -0.2) is 10.1 Å². The molecule has 1 heterocycles. The second-order valence-corrected chi connectivity index (χ2v) is 3.31. The van der Waals surface area contributed by atoms with Gasteiger partial charge in [-0.05, 0) is 5.56 Å². The lowest BCUT2D eigenvalue weighted by molar-refractivity contribution is -0.612. The molecule has 1 aliphatic rings. The molecule has 0 aromatic heterocycles. The summed E-state index contributed by atoms with van der Waals surface area (Å²) in [6.07, 6.45) is 0. The van der Waals surface area contributed by atoms with Gasteiger partial charge in [-0.3, -0.25) is 9.59 Å². The molecule has 0 saturated carbocycles. The van der Waals surface area contributed by atoms with Crippen molar-refractivity contribution < 1.29 is 14.6 Å². The number of hydrogen-bond donors (Lipinski definition) is 1. The van der Waals surface area contributed by atoms with Crippen molar-refractivity contribution in [2.75, 3.05) is 0 Å². The first-order valence-corrected chi connectivity index (χ1v) is 4.62. The van der Waals surface area contributed by atoms with Crippen LogP contribution in [0, 0.1) is 10.1 Å². The summed E-state index contributed by atoms with van der Waals surface area (Å²) >= 11 is 0. The lowest BCUT2D eigenvalue weighted by Gasteiger charge is -2.02. The fourth-order valence-electron chi connectivity index (χ4n) is 1.57. The second kappa shape index (κ2) is 3.71. The number of imide groups is 1. The molecule has 0 spiro atoms. The molecule has 7 nitrogen and oxygen atoms in total. The van der Waals surface area contributed by atoms with E-state index < -0.39 is 22.5 Å². The molecule has 1 aromatic carbocycles. The van der Waals surface area contributed by atoms with E-state index in [1.54, 1.807) is 30.3 Å². The van der Waals surface area contributed by atoms with Crippen LogP contribution in [0.3, 0.4) is 0 Å². The third-order valence-corrected chi connectivity index (χ3v) is 2.32. The van der Waals surface area contributed by atoms with Crippen LogP contribution in [-0.4, -0.2) is 21.9 Å². The molecule has 0 fully saturated rings.